The molecule has 4 rings (SSSR count). The lowest BCUT2D eigenvalue weighted by Crippen LogP contribution is -2.39. The summed E-state index contributed by atoms with van der Waals surface area (Å²) >= 11 is 0. The van der Waals surface area contributed by atoms with Crippen molar-refractivity contribution < 1.29 is 23.4 Å². The van der Waals surface area contributed by atoms with E-state index < -0.39 is 5.92 Å². The number of methoxy groups -OCH3 is 2. The molecule has 0 aromatic heterocycles. The third kappa shape index (κ3) is 4.73. The van der Waals surface area contributed by atoms with Gasteiger partial charge in [0.25, 0.3) is 5.92 Å². The molecule has 0 unspecified atom stereocenters. The van der Waals surface area contributed by atoms with Crippen molar-refractivity contribution in [3.63, 3.8) is 0 Å². The standard InChI is InChI=1S/C27H35F2NO3/c1-17(2)23-16-27(28,29)24-15-21(31)9-10-22(24)25(23)18-5-7-20(8-6-18)30-13-11-19(12-14-30)26(32-3)33-4/h5-10,15,17,19,23,25-26,31H,11-14,16H2,1-4H3/t23-,25-/m1/s1. The fourth-order valence-corrected chi connectivity index (χ4v) is 5.74. The van der Waals surface area contributed by atoms with Crippen LogP contribution in [0.3, 0.4) is 0 Å². The maximum Gasteiger partial charge on any atom is 0.274 e. The van der Waals surface area contributed by atoms with Crippen LogP contribution in [-0.2, 0) is 15.4 Å². The molecule has 180 valence electrons. The molecule has 2 atom stereocenters. The number of rotatable bonds is 6. The molecule has 2 aromatic carbocycles. The Bertz CT molecular complexity index is 935. The average molecular weight is 460 g/mol. The Morgan fingerprint density at radius 3 is 2.21 bits per heavy atom. The van der Waals surface area contributed by atoms with E-state index in [2.05, 4.69) is 29.2 Å². The number of fused-ring (bicyclic) bond motifs is 1. The van der Waals surface area contributed by atoms with Crippen molar-refractivity contribution in [2.75, 3.05) is 32.2 Å². The number of aromatic hydroxyl groups is 1. The first-order valence-corrected chi connectivity index (χ1v) is 11.9. The van der Waals surface area contributed by atoms with Gasteiger partial charge in [0.05, 0.1) is 0 Å². The lowest BCUT2D eigenvalue weighted by molar-refractivity contribution is -0.141. The van der Waals surface area contributed by atoms with Gasteiger partial charge in [-0.3, -0.25) is 0 Å². The number of hydrogen-bond donors (Lipinski definition) is 1. The number of anilines is 1. The number of benzene rings is 2. The number of nitrogens with zero attached hydrogens (tertiary/aromatic N) is 1. The first-order chi connectivity index (χ1) is 15.7. The molecule has 1 aliphatic heterocycles. The zero-order valence-corrected chi connectivity index (χ0v) is 19.9. The summed E-state index contributed by atoms with van der Waals surface area (Å²) < 4.78 is 40.8. The van der Waals surface area contributed by atoms with E-state index in [9.17, 15) is 13.9 Å². The smallest absolute Gasteiger partial charge is 0.274 e. The summed E-state index contributed by atoms with van der Waals surface area (Å²) in [6, 6.07) is 12.9. The highest BCUT2D eigenvalue weighted by molar-refractivity contribution is 5.52. The predicted octanol–water partition coefficient (Wildman–Crippen LogP) is 6.13. The Balaban J connectivity index is 1.58. The average Bonchev–Trinajstić information content (AvgIpc) is 2.80. The molecule has 1 aliphatic carbocycles. The summed E-state index contributed by atoms with van der Waals surface area (Å²) in [6.45, 7) is 5.90. The van der Waals surface area contributed by atoms with Gasteiger partial charge in [0.1, 0.15) is 5.75 Å². The zero-order chi connectivity index (χ0) is 23.8. The minimum Gasteiger partial charge on any atom is -0.508 e. The Morgan fingerprint density at radius 2 is 1.64 bits per heavy atom. The molecule has 1 fully saturated rings. The molecule has 1 heterocycles. The Morgan fingerprint density at radius 1 is 1.00 bits per heavy atom. The highest BCUT2D eigenvalue weighted by atomic mass is 19.3. The summed E-state index contributed by atoms with van der Waals surface area (Å²) in [4.78, 5) is 2.36. The van der Waals surface area contributed by atoms with Crippen LogP contribution >= 0.6 is 0 Å². The Labute approximate surface area is 195 Å². The third-order valence-corrected chi connectivity index (χ3v) is 7.55. The molecular formula is C27H35F2NO3. The normalized spacial score (nSPS) is 23.2. The van der Waals surface area contributed by atoms with Gasteiger partial charge in [0.2, 0.25) is 0 Å². The molecule has 0 bridgehead atoms. The number of ether oxygens (including phenoxy) is 2. The number of piperidine rings is 1. The van der Waals surface area contributed by atoms with E-state index in [1.807, 2.05) is 13.8 Å². The van der Waals surface area contributed by atoms with Crippen LogP contribution < -0.4 is 4.90 Å². The van der Waals surface area contributed by atoms with E-state index in [0.717, 1.165) is 37.2 Å². The SMILES string of the molecule is COC(OC)C1CCN(c2ccc([C@@H]3c4ccc(O)cc4C(F)(F)C[C@@H]3C(C)C)cc2)CC1. The first kappa shape index (κ1) is 24.0. The van der Waals surface area contributed by atoms with E-state index >= 15 is 0 Å². The van der Waals surface area contributed by atoms with Crippen LogP contribution in [0.2, 0.25) is 0 Å². The zero-order valence-electron chi connectivity index (χ0n) is 19.9. The molecular weight excluding hydrogens is 424 g/mol. The minimum atomic E-state index is -2.94. The summed E-state index contributed by atoms with van der Waals surface area (Å²) in [5.74, 6) is -2.86. The van der Waals surface area contributed by atoms with Gasteiger partial charge < -0.3 is 19.5 Å². The van der Waals surface area contributed by atoms with Crippen molar-refractivity contribution >= 4 is 5.69 Å². The van der Waals surface area contributed by atoms with E-state index in [0.29, 0.717) is 11.5 Å². The van der Waals surface area contributed by atoms with Gasteiger partial charge in [-0.25, -0.2) is 8.78 Å². The predicted molar refractivity (Wildman–Crippen MR) is 126 cm³/mol. The molecule has 2 aliphatic rings. The highest BCUT2D eigenvalue weighted by Crippen LogP contribution is 2.53. The van der Waals surface area contributed by atoms with Crippen LogP contribution in [0.4, 0.5) is 14.5 Å². The van der Waals surface area contributed by atoms with E-state index in [1.54, 1.807) is 20.3 Å². The third-order valence-electron chi connectivity index (χ3n) is 7.55. The van der Waals surface area contributed by atoms with Gasteiger partial charge in [-0.15, -0.1) is 0 Å². The Hall–Kier alpha value is -2.18. The van der Waals surface area contributed by atoms with Gasteiger partial charge >= 0.3 is 0 Å². The lowest BCUT2D eigenvalue weighted by atomic mass is 9.66. The van der Waals surface area contributed by atoms with Gasteiger partial charge in [-0.05, 0) is 60.1 Å². The molecule has 0 saturated carbocycles. The largest absolute Gasteiger partial charge is 0.508 e. The molecule has 33 heavy (non-hydrogen) atoms. The maximum absolute atomic E-state index is 15.0. The van der Waals surface area contributed by atoms with Crippen molar-refractivity contribution in [3.8, 4) is 5.75 Å². The molecule has 1 saturated heterocycles. The van der Waals surface area contributed by atoms with Crippen LogP contribution in [-0.4, -0.2) is 38.7 Å². The van der Waals surface area contributed by atoms with Crippen LogP contribution in [0.5, 0.6) is 5.75 Å². The fraction of sp³-hybridized carbons (Fsp3) is 0.556. The molecule has 0 spiro atoms. The quantitative estimate of drug-likeness (QED) is 0.528. The van der Waals surface area contributed by atoms with Gasteiger partial charge in [0, 0.05) is 56.8 Å². The maximum atomic E-state index is 15.0. The van der Waals surface area contributed by atoms with Crippen LogP contribution in [0, 0.1) is 17.8 Å². The summed E-state index contributed by atoms with van der Waals surface area (Å²) in [7, 11) is 3.37. The summed E-state index contributed by atoms with van der Waals surface area (Å²) in [5.41, 5.74) is 2.79. The number of alkyl halides is 2. The van der Waals surface area contributed by atoms with Gasteiger partial charge in [-0.1, -0.05) is 32.0 Å². The van der Waals surface area contributed by atoms with E-state index in [1.165, 1.54) is 12.1 Å². The molecule has 0 amide bonds. The van der Waals surface area contributed by atoms with Crippen LogP contribution in [0.25, 0.3) is 0 Å². The first-order valence-electron chi connectivity index (χ1n) is 11.9. The van der Waals surface area contributed by atoms with Crippen molar-refractivity contribution in [3.05, 3.63) is 59.2 Å². The number of halogens is 2. The molecule has 6 heteroatoms. The van der Waals surface area contributed by atoms with Gasteiger partial charge in [0.15, 0.2) is 6.29 Å². The monoisotopic (exact) mass is 459 g/mol. The number of hydrogen-bond acceptors (Lipinski definition) is 4. The number of phenolic OH excluding ortho intramolecular Hbond substituents is 1. The van der Waals surface area contributed by atoms with Crippen LogP contribution in [0.15, 0.2) is 42.5 Å². The lowest BCUT2D eigenvalue weighted by Gasteiger charge is -2.40. The van der Waals surface area contributed by atoms with Crippen molar-refractivity contribution in [2.45, 2.75) is 51.2 Å². The van der Waals surface area contributed by atoms with E-state index in [4.69, 9.17) is 9.47 Å². The van der Waals surface area contributed by atoms with Crippen molar-refractivity contribution in [1.82, 2.24) is 0 Å². The Kier molecular flexibility index (Phi) is 6.96. The second kappa shape index (κ2) is 9.59. The number of phenols is 1. The highest BCUT2D eigenvalue weighted by Gasteiger charge is 2.47. The molecule has 0 radical (unpaired) electrons. The fourth-order valence-electron chi connectivity index (χ4n) is 5.74. The topological polar surface area (TPSA) is 41.9 Å². The molecule has 2 aromatic rings. The summed E-state index contributed by atoms with van der Waals surface area (Å²) in [5, 5.41) is 9.86. The van der Waals surface area contributed by atoms with E-state index in [-0.39, 0.29) is 41.8 Å². The van der Waals surface area contributed by atoms with Gasteiger partial charge in [-0.2, -0.15) is 0 Å². The van der Waals surface area contributed by atoms with Crippen molar-refractivity contribution in [1.29, 1.82) is 0 Å². The second-order valence-corrected chi connectivity index (χ2v) is 9.82. The molecule has 4 nitrogen and oxygen atoms in total. The van der Waals surface area contributed by atoms with Crippen molar-refractivity contribution in [2.24, 2.45) is 17.8 Å². The molecule has 1 N–H and O–H groups in total. The summed E-state index contributed by atoms with van der Waals surface area (Å²) in [6.07, 6.45) is 1.63. The second-order valence-electron chi connectivity index (χ2n) is 9.82. The van der Waals surface area contributed by atoms with Crippen LogP contribution in [0.1, 0.15) is 55.7 Å². The minimum absolute atomic E-state index is 0.0404.